The lowest BCUT2D eigenvalue weighted by Crippen LogP contribution is -2.11. The summed E-state index contributed by atoms with van der Waals surface area (Å²) in [6.45, 7) is 0. The minimum atomic E-state index is -0.295. The van der Waals surface area contributed by atoms with E-state index in [1.165, 1.54) is 23.5 Å². The van der Waals surface area contributed by atoms with Gasteiger partial charge in [0, 0.05) is 17.1 Å². The van der Waals surface area contributed by atoms with Crippen LogP contribution in [0.2, 0.25) is 0 Å². The summed E-state index contributed by atoms with van der Waals surface area (Å²) in [7, 11) is 0. The van der Waals surface area contributed by atoms with Crippen molar-refractivity contribution in [1.29, 1.82) is 5.26 Å². The monoisotopic (exact) mass is 399 g/mol. The topological polar surface area (TPSA) is 66.3 Å². The van der Waals surface area contributed by atoms with Gasteiger partial charge in [-0.15, -0.1) is 11.3 Å². The van der Waals surface area contributed by atoms with Gasteiger partial charge in [-0.3, -0.25) is 4.98 Å². The van der Waals surface area contributed by atoms with Gasteiger partial charge in [0.25, 0.3) is 0 Å². The molecule has 29 heavy (non-hydrogen) atoms. The van der Waals surface area contributed by atoms with E-state index in [0.717, 1.165) is 16.8 Å². The first-order chi connectivity index (χ1) is 14.2. The van der Waals surface area contributed by atoms with Crippen LogP contribution in [0.1, 0.15) is 11.1 Å². The molecule has 0 aliphatic rings. The number of nitriles is 1. The van der Waals surface area contributed by atoms with Crippen molar-refractivity contribution in [2.24, 2.45) is 10.1 Å². The predicted octanol–water partition coefficient (Wildman–Crippen LogP) is 4.74. The molecule has 140 valence electrons. The van der Waals surface area contributed by atoms with Gasteiger partial charge < -0.3 is 0 Å². The molecule has 0 atom stereocenters. The highest BCUT2D eigenvalue weighted by Crippen LogP contribution is 2.21. The summed E-state index contributed by atoms with van der Waals surface area (Å²) in [4.78, 5) is 9.38. The summed E-state index contributed by atoms with van der Waals surface area (Å²) in [5.74, 6) is -0.295. The molecular weight excluding hydrogens is 385 g/mol. The largest absolute Gasteiger partial charge is 0.262 e. The summed E-state index contributed by atoms with van der Waals surface area (Å²) in [5.41, 5.74) is 3.77. The lowest BCUT2D eigenvalue weighted by atomic mass is 10.2. The molecule has 4 rings (SSSR count). The third-order valence-electron chi connectivity index (χ3n) is 4.06. The molecule has 5 nitrogen and oxygen atoms in total. The van der Waals surface area contributed by atoms with Crippen LogP contribution in [-0.2, 0) is 0 Å². The van der Waals surface area contributed by atoms with Crippen molar-refractivity contribution in [2.45, 2.75) is 0 Å². The van der Waals surface area contributed by atoms with E-state index in [4.69, 9.17) is 5.26 Å². The maximum atomic E-state index is 13.3. The van der Waals surface area contributed by atoms with Crippen LogP contribution >= 0.6 is 11.3 Å². The van der Waals surface area contributed by atoms with Gasteiger partial charge in [-0.05, 0) is 54.1 Å². The number of pyridine rings is 1. The Labute approximate surface area is 170 Å². The second-order valence-corrected chi connectivity index (χ2v) is 6.86. The molecule has 4 aromatic rings. The Balaban J connectivity index is 1.80. The van der Waals surface area contributed by atoms with Crippen molar-refractivity contribution in [2.75, 3.05) is 0 Å². The molecule has 0 spiro atoms. The number of benzene rings is 2. The molecule has 0 radical (unpaired) electrons. The minimum absolute atomic E-state index is 0.295. The Bertz CT molecular complexity index is 1250. The Kier molecular flexibility index (Phi) is 5.36. The summed E-state index contributed by atoms with van der Waals surface area (Å²) in [6.07, 6.45) is 5.06. The van der Waals surface area contributed by atoms with Crippen LogP contribution in [0, 0.1) is 17.1 Å². The number of thiazole rings is 1. The fourth-order valence-corrected chi connectivity index (χ4v) is 3.46. The SMILES string of the molecule is N#Cc1ccc(C=Nn2c(-c3ccc(F)cc3)csc2=Nc2cccnc2)cc1. The predicted molar refractivity (Wildman–Crippen MR) is 111 cm³/mol. The number of hydrogen-bond acceptors (Lipinski definition) is 5. The summed E-state index contributed by atoms with van der Waals surface area (Å²) < 4.78 is 15.1. The molecule has 0 N–H and O–H groups in total. The highest BCUT2D eigenvalue weighted by molar-refractivity contribution is 7.07. The van der Waals surface area contributed by atoms with Crippen LogP contribution in [-0.4, -0.2) is 15.9 Å². The quantitative estimate of drug-likeness (QED) is 0.465. The summed E-state index contributed by atoms with van der Waals surface area (Å²) in [5, 5.41) is 15.5. The molecule has 2 aromatic carbocycles. The molecule has 0 saturated carbocycles. The lowest BCUT2D eigenvalue weighted by Gasteiger charge is -2.04. The first kappa shape index (κ1) is 18.5. The van der Waals surface area contributed by atoms with Gasteiger partial charge in [-0.2, -0.15) is 10.4 Å². The third kappa shape index (κ3) is 4.34. The first-order valence-electron chi connectivity index (χ1n) is 8.69. The Hall–Kier alpha value is -3.89. The van der Waals surface area contributed by atoms with Gasteiger partial charge in [-0.25, -0.2) is 14.1 Å². The lowest BCUT2D eigenvalue weighted by molar-refractivity contribution is 0.628. The molecule has 0 bridgehead atoms. The molecular formula is C22H14FN5S. The Morgan fingerprint density at radius 2 is 1.86 bits per heavy atom. The highest BCUT2D eigenvalue weighted by atomic mass is 32.1. The zero-order chi connectivity index (χ0) is 20.1. The second kappa shape index (κ2) is 8.42. The molecule has 0 amide bonds. The smallest absolute Gasteiger partial charge is 0.211 e. The Morgan fingerprint density at radius 3 is 2.55 bits per heavy atom. The number of aromatic nitrogens is 2. The van der Waals surface area contributed by atoms with E-state index in [0.29, 0.717) is 16.1 Å². The Morgan fingerprint density at radius 1 is 1.07 bits per heavy atom. The zero-order valence-electron chi connectivity index (χ0n) is 15.1. The van der Waals surface area contributed by atoms with Crippen LogP contribution < -0.4 is 4.80 Å². The fourth-order valence-electron chi connectivity index (χ4n) is 2.61. The molecule has 2 aromatic heterocycles. The van der Waals surface area contributed by atoms with Gasteiger partial charge in [-0.1, -0.05) is 12.1 Å². The van der Waals surface area contributed by atoms with Crippen LogP contribution in [0.25, 0.3) is 11.3 Å². The first-order valence-corrected chi connectivity index (χ1v) is 9.57. The van der Waals surface area contributed by atoms with E-state index in [1.54, 1.807) is 47.5 Å². The van der Waals surface area contributed by atoms with Gasteiger partial charge in [0.15, 0.2) is 0 Å². The zero-order valence-corrected chi connectivity index (χ0v) is 15.9. The number of nitrogens with zero attached hydrogens (tertiary/aromatic N) is 5. The van der Waals surface area contributed by atoms with Crippen LogP contribution in [0.4, 0.5) is 10.1 Å². The van der Waals surface area contributed by atoms with Crippen LogP contribution in [0.5, 0.6) is 0 Å². The van der Waals surface area contributed by atoms with E-state index in [1.807, 2.05) is 29.6 Å². The maximum Gasteiger partial charge on any atom is 0.211 e. The fraction of sp³-hybridized carbons (Fsp3) is 0. The van der Waals surface area contributed by atoms with Gasteiger partial charge in [0.05, 0.1) is 35.4 Å². The third-order valence-corrected chi connectivity index (χ3v) is 4.87. The normalized spacial score (nSPS) is 11.7. The molecule has 0 fully saturated rings. The molecule has 0 aliphatic carbocycles. The molecule has 0 saturated heterocycles. The standard InChI is InChI=1S/C22H14FN5S/c23-19-9-7-18(8-10-19)21-15-29-22(27-20-2-1-11-25-14-20)28(21)26-13-17-5-3-16(12-24)4-6-17/h1-11,13-15H. The van der Waals surface area contributed by atoms with Gasteiger partial charge >= 0.3 is 0 Å². The van der Waals surface area contributed by atoms with Crippen molar-refractivity contribution < 1.29 is 4.39 Å². The molecule has 0 aliphatic heterocycles. The van der Waals surface area contributed by atoms with Crippen molar-refractivity contribution in [1.82, 2.24) is 9.66 Å². The summed E-state index contributed by atoms with van der Waals surface area (Å²) in [6, 6.07) is 19.1. The van der Waals surface area contributed by atoms with Gasteiger partial charge in [0.2, 0.25) is 4.80 Å². The molecule has 7 heteroatoms. The average molecular weight is 399 g/mol. The van der Waals surface area contributed by atoms with Crippen molar-refractivity contribution >= 4 is 23.2 Å². The molecule has 2 heterocycles. The maximum absolute atomic E-state index is 13.3. The number of halogens is 1. The van der Waals surface area contributed by atoms with Crippen molar-refractivity contribution in [3.63, 3.8) is 0 Å². The van der Waals surface area contributed by atoms with Crippen LogP contribution in [0.15, 0.2) is 88.5 Å². The van der Waals surface area contributed by atoms with E-state index in [-0.39, 0.29) is 5.82 Å². The van der Waals surface area contributed by atoms with Crippen LogP contribution in [0.3, 0.4) is 0 Å². The number of rotatable bonds is 4. The van der Waals surface area contributed by atoms with E-state index in [2.05, 4.69) is 21.1 Å². The number of hydrogen-bond donors (Lipinski definition) is 0. The molecule has 0 unspecified atom stereocenters. The summed E-state index contributed by atoms with van der Waals surface area (Å²) >= 11 is 1.43. The van der Waals surface area contributed by atoms with Gasteiger partial charge in [0.1, 0.15) is 5.82 Å². The van der Waals surface area contributed by atoms with E-state index < -0.39 is 0 Å². The second-order valence-electron chi connectivity index (χ2n) is 6.02. The van der Waals surface area contributed by atoms with Crippen molar-refractivity contribution in [3.8, 4) is 17.3 Å². The van der Waals surface area contributed by atoms with E-state index >= 15 is 0 Å². The average Bonchev–Trinajstić information content (AvgIpc) is 3.16. The van der Waals surface area contributed by atoms with Crippen molar-refractivity contribution in [3.05, 3.63) is 100 Å². The highest BCUT2D eigenvalue weighted by Gasteiger charge is 2.08. The minimum Gasteiger partial charge on any atom is -0.262 e. The van der Waals surface area contributed by atoms with E-state index in [9.17, 15) is 4.39 Å².